The highest BCUT2D eigenvalue weighted by molar-refractivity contribution is 7.71. The highest BCUT2D eigenvalue weighted by Gasteiger charge is 2.38. The van der Waals surface area contributed by atoms with Gasteiger partial charge in [0.05, 0.1) is 24.0 Å². The van der Waals surface area contributed by atoms with Gasteiger partial charge in [-0.1, -0.05) is 23.4 Å². The smallest absolute Gasteiger partial charge is 0.221 e. The molecule has 0 spiro atoms. The Bertz CT molecular complexity index is 1650. The third-order valence-corrected chi connectivity index (χ3v) is 10.2. The first kappa shape index (κ1) is 22.9. The third kappa shape index (κ3) is 4.07. The molecular weight excluding hydrogens is 481 g/mol. The van der Waals surface area contributed by atoms with Gasteiger partial charge in [-0.2, -0.15) is 0 Å². The van der Waals surface area contributed by atoms with Crippen LogP contribution < -0.4 is 5.30 Å². The zero-order valence-corrected chi connectivity index (χ0v) is 20.4. The maximum Gasteiger partial charge on any atom is 0.221 e. The van der Waals surface area contributed by atoms with Crippen LogP contribution in [0.25, 0.3) is 33.5 Å². The highest BCUT2D eigenvalue weighted by Crippen LogP contribution is 2.53. The number of nitrogens with zero attached hydrogens (tertiary/aromatic N) is 6. The first-order valence-electron chi connectivity index (χ1n) is 11.8. The van der Waals surface area contributed by atoms with Crippen LogP contribution in [0.1, 0.15) is 24.8 Å². The fraction of sp³-hybridized carbons (Fsp3) is 0.269. The summed E-state index contributed by atoms with van der Waals surface area (Å²) < 4.78 is 44.0. The van der Waals surface area contributed by atoms with Gasteiger partial charge < -0.3 is 4.57 Å². The molecule has 36 heavy (non-hydrogen) atoms. The Morgan fingerprint density at radius 3 is 2.81 bits per heavy atom. The summed E-state index contributed by atoms with van der Waals surface area (Å²) in [6, 6.07) is 14.4. The average Bonchev–Trinajstić information content (AvgIpc) is 3.50. The largest absolute Gasteiger partial charge is 0.319 e. The predicted molar refractivity (Wildman–Crippen MR) is 135 cm³/mol. The van der Waals surface area contributed by atoms with Gasteiger partial charge >= 0.3 is 0 Å². The lowest BCUT2D eigenvalue weighted by Gasteiger charge is -2.21. The molecule has 2 aromatic carbocycles. The van der Waals surface area contributed by atoms with Crippen molar-refractivity contribution in [3.05, 3.63) is 72.3 Å². The Balaban J connectivity index is 1.31. The highest BCUT2D eigenvalue weighted by atomic mass is 31.2. The van der Waals surface area contributed by atoms with Crippen molar-refractivity contribution in [2.24, 2.45) is 0 Å². The monoisotopic (exact) mass is 504 g/mol. The number of rotatable bonds is 5. The van der Waals surface area contributed by atoms with Crippen LogP contribution in [0, 0.1) is 5.82 Å². The number of halogens is 2. The Morgan fingerprint density at radius 2 is 2.00 bits per heavy atom. The normalized spacial score (nSPS) is 19.6. The summed E-state index contributed by atoms with van der Waals surface area (Å²) in [6.07, 6.45) is 3.44. The summed E-state index contributed by atoms with van der Waals surface area (Å²) in [5.74, 6) is -0.570. The molecule has 1 saturated carbocycles. The Labute approximate surface area is 206 Å². The zero-order chi connectivity index (χ0) is 24.9. The number of hydrogen-bond acceptors (Lipinski definition) is 6. The Morgan fingerprint density at radius 1 is 1.11 bits per heavy atom. The Hall–Kier alpha value is -3.58. The Kier molecular flexibility index (Phi) is 5.60. The van der Waals surface area contributed by atoms with Crippen LogP contribution in [-0.2, 0) is 11.1 Å². The van der Waals surface area contributed by atoms with E-state index in [0.717, 1.165) is 16.5 Å². The molecule has 10 heteroatoms. The summed E-state index contributed by atoms with van der Waals surface area (Å²) >= 11 is 0. The molecule has 0 saturated heterocycles. The van der Waals surface area contributed by atoms with Crippen molar-refractivity contribution in [2.45, 2.75) is 37.6 Å². The van der Waals surface area contributed by atoms with Gasteiger partial charge in [0.25, 0.3) is 0 Å². The maximum atomic E-state index is 15.2. The van der Waals surface area contributed by atoms with Crippen LogP contribution in [-0.4, -0.2) is 48.4 Å². The lowest BCUT2D eigenvalue weighted by molar-refractivity contribution is 0.343. The van der Waals surface area contributed by atoms with E-state index in [1.165, 1.54) is 12.3 Å². The van der Waals surface area contributed by atoms with E-state index in [1.54, 1.807) is 29.7 Å². The van der Waals surface area contributed by atoms with E-state index in [-0.39, 0.29) is 17.4 Å². The number of aromatic nitrogens is 6. The molecule has 0 bridgehead atoms. The van der Waals surface area contributed by atoms with E-state index in [9.17, 15) is 8.96 Å². The predicted octanol–water partition coefficient (Wildman–Crippen LogP) is 5.13. The first-order valence-corrected chi connectivity index (χ1v) is 14.0. The van der Waals surface area contributed by atoms with Crippen LogP contribution in [0.15, 0.2) is 60.9 Å². The van der Waals surface area contributed by atoms with Gasteiger partial charge in [-0.05, 0) is 61.8 Å². The van der Waals surface area contributed by atoms with Crippen molar-refractivity contribution in [3.8, 4) is 11.3 Å². The maximum absolute atomic E-state index is 15.2. The first-order chi connectivity index (χ1) is 17.4. The fourth-order valence-corrected chi connectivity index (χ4v) is 7.50. The third-order valence-electron chi connectivity index (χ3n) is 6.99. The van der Waals surface area contributed by atoms with E-state index >= 15 is 4.39 Å². The molecule has 3 atom stereocenters. The number of pyridine rings is 1. The molecule has 0 amide bonds. The van der Waals surface area contributed by atoms with E-state index < -0.39 is 19.1 Å². The summed E-state index contributed by atoms with van der Waals surface area (Å²) in [6.45, 7) is 2.00. The molecule has 1 aliphatic carbocycles. The van der Waals surface area contributed by atoms with Crippen LogP contribution in [0.2, 0.25) is 0 Å². The van der Waals surface area contributed by atoms with Crippen LogP contribution in [0.3, 0.4) is 0 Å². The molecule has 1 fully saturated rings. The molecule has 0 radical (unpaired) electrons. The summed E-state index contributed by atoms with van der Waals surface area (Å²) in [4.78, 5) is 13.4. The van der Waals surface area contributed by atoms with Crippen molar-refractivity contribution in [1.29, 1.82) is 0 Å². The molecule has 5 aromatic rings. The minimum absolute atomic E-state index is 0.164. The second-order valence-electron chi connectivity index (χ2n) is 9.40. The van der Waals surface area contributed by atoms with E-state index in [1.807, 2.05) is 30.3 Å². The van der Waals surface area contributed by atoms with Gasteiger partial charge in [-0.25, -0.2) is 23.4 Å². The van der Waals surface area contributed by atoms with Gasteiger partial charge in [0, 0.05) is 28.1 Å². The van der Waals surface area contributed by atoms with Crippen molar-refractivity contribution in [1.82, 2.24) is 29.9 Å². The van der Waals surface area contributed by atoms with E-state index in [0.29, 0.717) is 41.9 Å². The second kappa shape index (κ2) is 8.82. The van der Waals surface area contributed by atoms with Gasteiger partial charge in [0.2, 0.25) is 5.65 Å². The van der Waals surface area contributed by atoms with Crippen molar-refractivity contribution < 1.29 is 13.3 Å². The van der Waals surface area contributed by atoms with Gasteiger partial charge in [-0.3, -0.25) is 4.98 Å². The van der Waals surface area contributed by atoms with Gasteiger partial charge in [0.1, 0.15) is 19.1 Å². The summed E-state index contributed by atoms with van der Waals surface area (Å²) in [7, 11) is -3.05. The minimum Gasteiger partial charge on any atom is -0.319 e. The number of benzene rings is 2. The van der Waals surface area contributed by atoms with E-state index in [4.69, 9.17) is 0 Å². The lowest BCUT2D eigenvalue weighted by atomic mass is 10.1. The molecule has 182 valence electrons. The molecule has 3 unspecified atom stereocenters. The van der Waals surface area contributed by atoms with Gasteiger partial charge in [-0.15, -0.1) is 5.10 Å². The van der Waals surface area contributed by atoms with Crippen molar-refractivity contribution in [3.63, 3.8) is 0 Å². The SMILES string of the molecule is CP(=O)(c1ccc(-c2cnc3nnn(Cc4ccc5ncccc5c4)c3n2)cc1F)C1CCC(F)C1. The van der Waals surface area contributed by atoms with E-state index in [2.05, 4.69) is 25.3 Å². The minimum atomic E-state index is -3.05. The summed E-state index contributed by atoms with van der Waals surface area (Å²) in [5.41, 5.74) is 3.41. The van der Waals surface area contributed by atoms with Crippen LogP contribution in [0.5, 0.6) is 0 Å². The topological polar surface area (TPSA) is 86.5 Å². The van der Waals surface area contributed by atoms with Crippen molar-refractivity contribution in [2.75, 3.05) is 6.66 Å². The van der Waals surface area contributed by atoms with Crippen LogP contribution >= 0.6 is 7.14 Å². The molecule has 0 N–H and O–H groups in total. The molecule has 3 aromatic heterocycles. The number of hydrogen-bond donors (Lipinski definition) is 0. The molecule has 7 nitrogen and oxygen atoms in total. The standard InChI is InChI=1S/C26H23F2N6OP/c1-36(35,20-7-6-19(27)13-20)24-9-5-18(12-21(24)28)23-14-30-25-26(31-23)34(33-32-25)15-16-4-8-22-17(11-16)3-2-10-29-22/h2-5,8-12,14,19-20H,6-7,13,15H2,1H3. The molecule has 1 aliphatic rings. The average molecular weight is 504 g/mol. The van der Waals surface area contributed by atoms with Crippen LogP contribution in [0.4, 0.5) is 8.78 Å². The summed E-state index contributed by atoms with van der Waals surface area (Å²) in [5, 5.41) is 9.50. The lowest BCUT2D eigenvalue weighted by Crippen LogP contribution is -2.18. The second-order valence-corrected chi connectivity index (χ2v) is 12.6. The fourth-order valence-electron chi connectivity index (χ4n) is 4.97. The molecule has 0 aliphatic heterocycles. The number of fused-ring (bicyclic) bond motifs is 2. The van der Waals surface area contributed by atoms with Gasteiger partial charge in [0.15, 0.2) is 5.65 Å². The van der Waals surface area contributed by atoms with Crippen molar-refractivity contribution >= 4 is 34.6 Å². The molecule has 6 rings (SSSR count). The molecule has 3 heterocycles. The number of alkyl halides is 1. The molecular formula is C26H23F2N6OP. The quantitative estimate of drug-likeness (QED) is 0.309. The zero-order valence-electron chi connectivity index (χ0n) is 19.6.